The highest BCUT2D eigenvalue weighted by molar-refractivity contribution is 14.1. The maximum atomic E-state index is 12.1. The molecule has 0 saturated carbocycles. The molecular formula is C20H17IN4O3. The predicted octanol–water partition coefficient (Wildman–Crippen LogP) is 4.37. The van der Waals surface area contributed by atoms with E-state index >= 15 is 0 Å². The number of amides is 1. The number of benzene rings is 2. The SMILES string of the molecule is Cc1cc(C=NNC(=O)c2ccc([N+](=O)[O-])cc2)c(C)n1-c1ccc(I)cc1. The average molecular weight is 488 g/mol. The quantitative estimate of drug-likeness (QED) is 0.250. The summed E-state index contributed by atoms with van der Waals surface area (Å²) < 4.78 is 3.29. The maximum absolute atomic E-state index is 12.1. The number of hydrazone groups is 1. The Balaban J connectivity index is 1.74. The topological polar surface area (TPSA) is 89.5 Å². The Morgan fingerprint density at radius 2 is 1.79 bits per heavy atom. The van der Waals surface area contributed by atoms with Crippen molar-refractivity contribution in [3.8, 4) is 5.69 Å². The summed E-state index contributed by atoms with van der Waals surface area (Å²) in [4.78, 5) is 22.3. The van der Waals surface area contributed by atoms with Gasteiger partial charge in [0.1, 0.15) is 0 Å². The van der Waals surface area contributed by atoms with E-state index in [1.165, 1.54) is 27.8 Å². The lowest BCUT2D eigenvalue weighted by atomic mass is 10.2. The van der Waals surface area contributed by atoms with Gasteiger partial charge in [0.2, 0.25) is 0 Å². The van der Waals surface area contributed by atoms with Crippen molar-refractivity contribution in [3.05, 3.63) is 90.8 Å². The lowest BCUT2D eigenvalue weighted by Crippen LogP contribution is -2.17. The number of nitrogens with one attached hydrogen (secondary N) is 1. The molecule has 2 aromatic carbocycles. The monoisotopic (exact) mass is 488 g/mol. The average Bonchev–Trinajstić information content (AvgIpc) is 2.96. The normalized spacial score (nSPS) is 11.0. The van der Waals surface area contributed by atoms with E-state index < -0.39 is 10.8 Å². The summed E-state index contributed by atoms with van der Waals surface area (Å²) in [5, 5.41) is 14.7. The highest BCUT2D eigenvalue weighted by atomic mass is 127. The van der Waals surface area contributed by atoms with Crippen molar-refractivity contribution in [2.24, 2.45) is 5.10 Å². The third-order valence-corrected chi connectivity index (χ3v) is 4.98. The number of non-ortho nitro benzene ring substituents is 1. The molecule has 0 bridgehead atoms. The summed E-state index contributed by atoms with van der Waals surface area (Å²) in [7, 11) is 0. The lowest BCUT2D eigenvalue weighted by molar-refractivity contribution is -0.384. The zero-order valence-corrected chi connectivity index (χ0v) is 17.4. The Labute approximate surface area is 175 Å². The Kier molecular flexibility index (Phi) is 5.88. The molecule has 3 aromatic rings. The first kappa shape index (κ1) is 19.7. The van der Waals surface area contributed by atoms with E-state index in [-0.39, 0.29) is 5.69 Å². The van der Waals surface area contributed by atoms with Crippen LogP contribution in [0.4, 0.5) is 5.69 Å². The molecule has 0 aliphatic rings. The molecule has 1 heterocycles. The van der Waals surface area contributed by atoms with Gasteiger partial charge >= 0.3 is 0 Å². The molecule has 28 heavy (non-hydrogen) atoms. The minimum absolute atomic E-state index is 0.0666. The second-order valence-electron chi connectivity index (χ2n) is 6.14. The van der Waals surface area contributed by atoms with Crippen LogP contribution in [-0.4, -0.2) is 21.6 Å². The molecule has 0 unspecified atom stereocenters. The summed E-state index contributed by atoms with van der Waals surface area (Å²) in [6.45, 7) is 4.00. The van der Waals surface area contributed by atoms with Gasteiger partial charge in [0, 0.05) is 43.9 Å². The lowest BCUT2D eigenvalue weighted by Gasteiger charge is -2.09. The van der Waals surface area contributed by atoms with Gasteiger partial charge in [0.15, 0.2) is 0 Å². The molecule has 3 rings (SSSR count). The molecule has 0 atom stereocenters. The Bertz CT molecular complexity index is 1050. The van der Waals surface area contributed by atoms with E-state index in [0.29, 0.717) is 5.56 Å². The molecule has 0 radical (unpaired) electrons. The molecule has 0 spiro atoms. The van der Waals surface area contributed by atoms with E-state index in [0.717, 1.165) is 22.6 Å². The van der Waals surface area contributed by atoms with Crippen molar-refractivity contribution in [2.45, 2.75) is 13.8 Å². The molecule has 1 amide bonds. The largest absolute Gasteiger partial charge is 0.318 e. The van der Waals surface area contributed by atoms with Crippen molar-refractivity contribution in [3.63, 3.8) is 0 Å². The fourth-order valence-electron chi connectivity index (χ4n) is 2.87. The van der Waals surface area contributed by atoms with Gasteiger partial charge in [-0.2, -0.15) is 5.10 Å². The molecule has 0 fully saturated rings. The van der Waals surface area contributed by atoms with Crippen molar-refractivity contribution >= 4 is 40.4 Å². The minimum atomic E-state index is -0.511. The number of halogens is 1. The molecule has 1 aromatic heterocycles. The highest BCUT2D eigenvalue weighted by Crippen LogP contribution is 2.20. The number of carbonyl (C=O) groups excluding carboxylic acids is 1. The molecule has 0 aliphatic heterocycles. The third-order valence-electron chi connectivity index (χ3n) is 4.27. The van der Waals surface area contributed by atoms with Crippen LogP contribution in [0.2, 0.25) is 0 Å². The van der Waals surface area contributed by atoms with Crippen LogP contribution in [0.3, 0.4) is 0 Å². The van der Waals surface area contributed by atoms with Crippen LogP contribution >= 0.6 is 22.6 Å². The molecule has 7 nitrogen and oxygen atoms in total. The number of nitrogens with zero attached hydrogens (tertiary/aromatic N) is 3. The van der Waals surface area contributed by atoms with Gasteiger partial charge in [-0.25, -0.2) is 5.43 Å². The second kappa shape index (κ2) is 8.34. The number of nitro groups is 1. The number of nitro benzene ring substituents is 1. The third kappa shape index (κ3) is 4.28. The first-order chi connectivity index (χ1) is 13.4. The Morgan fingerprint density at radius 3 is 2.39 bits per heavy atom. The number of aryl methyl sites for hydroxylation is 1. The Morgan fingerprint density at radius 1 is 1.14 bits per heavy atom. The number of hydrogen-bond acceptors (Lipinski definition) is 4. The number of carbonyl (C=O) groups is 1. The zero-order valence-electron chi connectivity index (χ0n) is 15.2. The summed E-state index contributed by atoms with van der Waals surface area (Å²) >= 11 is 2.27. The number of rotatable bonds is 5. The molecule has 0 aliphatic carbocycles. The minimum Gasteiger partial charge on any atom is -0.318 e. The predicted molar refractivity (Wildman–Crippen MR) is 116 cm³/mol. The van der Waals surface area contributed by atoms with E-state index in [1.54, 1.807) is 6.21 Å². The first-order valence-corrected chi connectivity index (χ1v) is 9.47. The van der Waals surface area contributed by atoms with Gasteiger partial charge in [-0.1, -0.05) is 0 Å². The molecular weight excluding hydrogens is 471 g/mol. The standard InChI is InChI=1S/C20H17IN4O3/c1-13-11-16(14(2)24(13)18-9-5-17(21)6-10-18)12-22-23-20(26)15-3-7-19(8-4-15)25(27)28/h3-12H,1-2H3,(H,23,26). The molecule has 8 heteroatoms. The smallest absolute Gasteiger partial charge is 0.271 e. The van der Waals surface area contributed by atoms with Crippen molar-refractivity contribution in [1.29, 1.82) is 0 Å². The fraction of sp³-hybridized carbons (Fsp3) is 0.100. The number of hydrogen-bond donors (Lipinski definition) is 1. The van der Waals surface area contributed by atoms with Gasteiger partial charge in [0.05, 0.1) is 11.1 Å². The van der Waals surface area contributed by atoms with Crippen LogP contribution in [0.1, 0.15) is 27.3 Å². The molecule has 142 valence electrons. The molecule has 1 N–H and O–H groups in total. The van der Waals surface area contributed by atoms with Gasteiger partial charge in [-0.15, -0.1) is 0 Å². The van der Waals surface area contributed by atoms with Gasteiger partial charge in [-0.3, -0.25) is 14.9 Å². The molecule has 0 saturated heterocycles. The highest BCUT2D eigenvalue weighted by Gasteiger charge is 2.11. The van der Waals surface area contributed by atoms with Gasteiger partial charge in [-0.05, 0) is 78.9 Å². The first-order valence-electron chi connectivity index (χ1n) is 8.39. The van der Waals surface area contributed by atoms with Crippen molar-refractivity contribution < 1.29 is 9.72 Å². The maximum Gasteiger partial charge on any atom is 0.271 e. The van der Waals surface area contributed by atoms with Gasteiger partial charge < -0.3 is 4.57 Å². The number of aromatic nitrogens is 1. The van der Waals surface area contributed by atoms with E-state index in [1.807, 2.05) is 32.0 Å². The van der Waals surface area contributed by atoms with Crippen LogP contribution in [0, 0.1) is 27.5 Å². The Hall–Kier alpha value is -3.01. The van der Waals surface area contributed by atoms with Crippen LogP contribution in [0.25, 0.3) is 5.69 Å². The summed E-state index contributed by atoms with van der Waals surface area (Å²) in [6.07, 6.45) is 1.59. The summed E-state index contributed by atoms with van der Waals surface area (Å²) in [6, 6.07) is 15.6. The zero-order chi connectivity index (χ0) is 20.3. The summed E-state index contributed by atoms with van der Waals surface area (Å²) in [5.74, 6) is -0.433. The second-order valence-corrected chi connectivity index (χ2v) is 7.39. The van der Waals surface area contributed by atoms with Crippen LogP contribution < -0.4 is 5.43 Å². The van der Waals surface area contributed by atoms with Crippen LogP contribution in [0.15, 0.2) is 59.7 Å². The van der Waals surface area contributed by atoms with E-state index in [4.69, 9.17) is 0 Å². The van der Waals surface area contributed by atoms with Gasteiger partial charge in [0.25, 0.3) is 11.6 Å². The van der Waals surface area contributed by atoms with Crippen molar-refractivity contribution in [1.82, 2.24) is 9.99 Å². The summed E-state index contributed by atoms with van der Waals surface area (Å²) in [5.41, 5.74) is 6.69. The fourth-order valence-corrected chi connectivity index (χ4v) is 3.22. The van der Waals surface area contributed by atoms with Crippen molar-refractivity contribution in [2.75, 3.05) is 0 Å². The van der Waals surface area contributed by atoms with E-state index in [9.17, 15) is 14.9 Å². The van der Waals surface area contributed by atoms with Crippen LogP contribution in [0.5, 0.6) is 0 Å². The van der Waals surface area contributed by atoms with Crippen LogP contribution in [-0.2, 0) is 0 Å². The van der Waals surface area contributed by atoms with E-state index in [2.05, 4.69) is 49.8 Å².